The van der Waals surface area contributed by atoms with Crippen LogP contribution < -0.4 is 0 Å². The van der Waals surface area contributed by atoms with Crippen molar-refractivity contribution in [3.05, 3.63) is 84.0 Å². The SMILES string of the molecule is O=S(=O)(/C=C/c1ccccc1)c1c[nH]cc1-c1ccccc1. The van der Waals surface area contributed by atoms with Crippen molar-refractivity contribution in [2.45, 2.75) is 4.90 Å². The lowest BCUT2D eigenvalue weighted by atomic mass is 10.1. The number of sulfone groups is 1. The van der Waals surface area contributed by atoms with Crippen LogP contribution in [0, 0.1) is 0 Å². The van der Waals surface area contributed by atoms with Gasteiger partial charge in [-0.05, 0) is 17.2 Å². The van der Waals surface area contributed by atoms with Crippen LogP contribution in [0.2, 0.25) is 0 Å². The highest BCUT2D eigenvalue weighted by atomic mass is 32.2. The predicted molar refractivity (Wildman–Crippen MR) is 88.9 cm³/mol. The lowest BCUT2D eigenvalue weighted by Gasteiger charge is -2.02. The van der Waals surface area contributed by atoms with E-state index in [0.29, 0.717) is 5.56 Å². The zero-order chi connectivity index (χ0) is 15.4. The Morgan fingerprint density at radius 3 is 2.14 bits per heavy atom. The van der Waals surface area contributed by atoms with E-state index in [9.17, 15) is 8.42 Å². The summed E-state index contributed by atoms with van der Waals surface area (Å²) in [5.41, 5.74) is 2.40. The van der Waals surface area contributed by atoms with Crippen LogP contribution in [0.1, 0.15) is 5.56 Å². The summed E-state index contributed by atoms with van der Waals surface area (Å²) >= 11 is 0. The number of H-pyrrole nitrogens is 1. The van der Waals surface area contributed by atoms with Gasteiger partial charge in [0.2, 0.25) is 9.84 Å². The second kappa shape index (κ2) is 6.03. The number of rotatable bonds is 4. The predicted octanol–water partition coefficient (Wildman–Crippen LogP) is 4.13. The van der Waals surface area contributed by atoms with Crippen molar-refractivity contribution >= 4 is 15.9 Å². The number of aromatic amines is 1. The molecule has 0 amide bonds. The zero-order valence-corrected chi connectivity index (χ0v) is 12.6. The number of nitrogens with one attached hydrogen (secondary N) is 1. The van der Waals surface area contributed by atoms with Crippen molar-refractivity contribution in [1.82, 2.24) is 4.98 Å². The summed E-state index contributed by atoms with van der Waals surface area (Å²) in [6.07, 6.45) is 4.84. The van der Waals surface area contributed by atoms with Crippen molar-refractivity contribution < 1.29 is 8.42 Å². The van der Waals surface area contributed by atoms with Crippen LogP contribution in [0.5, 0.6) is 0 Å². The second-order valence-electron chi connectivity index (χ2n) is 4.86. The van der Waals surface area contributed by atoms with Crippen LogP contribution in [-0.4, -0.2) is 13.4 Å². The molecule has 0 unspecified atom stereocenters. The summed E-state index contributed by atoms with van der Waals surface area (Å²) in [5, 5.41) is 1.25. The molecule has 22 heavy (non-hydrogen) atoms. The van der Waals surface area contributed by atoms with Crippen LogP contribution in [0.15, 0.2) is 83.4 Å². The first-order valence-corrected chi connectivity index (χ1v) is 8.42. The number of benzene rings is 2. The van der Waals surface area contributed by atoms with Crippen LogP contribution in [-0.2, 0) is 9.84 Å². The Labute approximate surface area is 129 Å². The Bertz CT molecular complexity index is 879. The molecule has 2 aromatic carbocycles. The van der Waals surface area contributed by atoms with Gasteiger partial charge < -0.3 is 4.98 Å². The molecule has 1 N–H and O–H groups in total. The molecular weight excluding hydrogens is 294 g/mol. The monoisotopic (exact) mass is 309 g/mol. The smallest absolute Gasteiger partial charge is 0.201 e. The molecule has 0 bridgehead atoms. The molecule has 0 saturated heterocycles. The van der Waals surface area contributed by atoms with E-state index < -0.39 is 9.84 Å². The summed E-state index contributed by atoms with van der Waals surface area (Å²) in [6.45, 7) is 0. The molecule has 0 saturated carbocycles. The molecule has 3 rings (SSSR count). The molecule has 0 aliphatic rings. The van der Waals surface area contributed by atoms with Gasteiger partial charge in [0, 0.05) is 23.4 Å². The summed E-state index contributed by atoms with van der Waals surface area (Å²) in [4.78, 5) is 3.17. The maximum absolute atomic E-state index is 12.6. The average molecular weight is 309 g/mol. The summed E-state index contributed by atoms with van der Waals surface area (Å²) < 4.78 is 25.1. The molecule has 3 nitrogen and oxygen atoms in total. The summed E-state index contributed by atoms with van der Waals surface area (Å²) in [5.74, 6) is 0. The first kappa shape index (κ1) is 14.4. The van der Waals surface area contributed by atoms with Gasteiger partial charge in [0.05, 0.1) is 4.90 Å². The molecule has 1 aromatic heterocycles. The molecule has 0 aliphatic carbocycles. The van der Waals surface area contributed by atoms with E-state index >= 15 is 0 Å². The molecule has 0 radical (unpaired) electrons. The molecule has 0 aliphatic heterocycles. The first-order valence-electron chi connectivity index (χ1n) is 6.87. The average Bonchev–Trinajstić information content (AvgIpc) is 3.06. The third-order valence-electron chi connectivity index (χ3n) is 3.34. The van der Waals surface area contributed by atoms with E-state index in [0.717, 1.165) is 11.1 Å². The van der Waals surface area contributed by atoms with Gasteiger partial charge in [-0.3, -0.25) is 0 Å². The van der Waals surface area contributed by atoms with Gasteiger partial charge >= 0.3 is 0 Å². The molecule has 1 heterocycles. The van der Waals surface area contributed by atoms with E-state index in [2.05, 4.69) is 4.98 Å². The third kappa shape index (κ3) is 3.02. The molecular formula is C18H15NO2S. The van der Waals surface area contributed by atoms with Gasteiger partial charge in [0.1, 0.15) is 0 Å². The molecule has 110 valence electrons. The van der Waals surface area contributed by atoms with Crippen LogP contribution in [0.25, 0.3) is 17.2 Å². The van der Waals surface area contributed by atoms with Crippen LogP contribution in [0.3, 0.4) is 0 Å². The summed E-state index contributed by atoms with van der Waals surface area (Å²) in [6, 6.07) is 18.8. The minimum absolute atomic E-state index is 0.283. The Morgan fingerprint density at radius 1 is 0.818 bits per heavy atom. The molecule has 0 atom stereocenters. The van der Waals surface area contributed by atoms with Crippen molar-refractivity contribution in [3.8, 4) is 11.1 Å². The van der Waals surface area contributed by atoms with Crippen molar-refractivity contribution in [3.63, 3.8) is 0 Å². The van der Waals surface area contributed by atoms with Gasteiger partial charge in [0.25, 0.3) is 0 Å². The Hall–Kier alpha value is -2.59. The lowest BCUT2D eigenvalue weighted by molar-refractivity contribution is 0.605. The third-order valence-corrected chi connectivity index (χ3v) is 4.78. The van der Waals surface area contributed by atoms with Crippen molar-refractivity contribution in [1.29, 1.82) is 0 Å². The Balaban J connectivity index is 1.98. The van der Waals surface area contributed by atoms with Gasteiger partial charge in [-0.2, -0.15) is 0 Å². The normalized spacial score (nSPS) is 11.8. The highest BCUT2D eigenvalue weighted by Gasteiger charge is 2.17. The minimum Gasteiger partial charge on any atom is -0.366 e. The molecule has 4 heteroatoms. The maximum atomic E-state index is 12.6. The van der Waals surface area contributed by atoms with Crippen molar-refractivity contribution in [2.24, 2.45) is 0 Å². The fraction of sp³-hybridized carbons (Fsp3) is 0. The fourth-order valence-corrected chi connectivity index (χ4v) is 3.43. The van der Waals surface area contributed by atoms with Crippen LogP contribution in [0.4, 0.5) is 0 Å². The van der Waals surface area contributed by atoms with Crippen LogP contribution >= 0.6 is 0 Å². The molecule has 0 spiro atoms. The maximum Gasteiger partial charge on any atom is 0.201 e. The van der Waals surface area contributed by atoms with Gasteiger partial charge in [-0.15, -0.1) is 0 Å². The standard InChI is InChI=1S/C18H15NO2S/c20-22(21,12-11-15-7-3-1-4-8-15)18-14-19-13-17(18)16-9-5-2-6-10-16/h1-14,19H/b12-11+. The highest BCUT2D eigenvalue weighted by Crippen LogP contribution is 2.28. The van der Waals surface area contributed by atoms with E-state index in [4.69, 9.17) is 0 Å². The first-order chi connectivity index (χ1) is 10.7. The Kier molecular flexibility index (Phi) is 3.94. The van der Waals surface area contributed by atoms with Gasteiger partial charge in [-0.1, -0.05) is 60.7 Å². The second-order valence-corrected chi connectivity index (χ2v) is 6.66. The van der Waals surface area contributed by atoms with E-state index in [-0.39, 0.29) is 4.90 Å². The lowest BCUT2D eigenvalue weighted by Crippen LogP contribution is -1.96. The quantitative estimate of drug-likeness (QED) is 0.788. The highest BCUT2D eigenvalue weighted by molar-refractivity contribution is 7.94. The summed E-state index contributed by atoms with van der Waals surface area (Å²) in [7, 11) is -3.51. The number of hydrogen-bond donors (Lipinski definition) is 1. The zero-order valence-electron chi connectivity index (χ0n) is 11.8. The number of aromatic nitrogens is 1. The Morgan fingerprint density at radius 2 is 1.45 bits per heavy atom. The van der Waals surface area contributed by atoms with E-state index in [1.165, 1.54) is 11.6 Å². The van der Waals surface area contributed by atoms with Gasteiger partial charge in [-0.25, -0.2) is 8.42 Å². The fourth-order valence-electron chi connectivity index (χ4n) is 2.23. The minimum atomic E-state index is -3.51. The molecule has 3 aromatic rings. The van der Waals surface area contributed by atoms with Gasteiger partial charge in [0.15, 0.2) is 0 Å². The van der Waals surface area contributed by atoms with E-state index in [1.807, 2.05) is 60.7 Å². The largest absolute Gasteiger partial charge is 0.366 e. The van der Waals surface area contributed by atoms with E-state index in [1.54, 1.807) is 12.3 Å². The van der Waals surface area contributed by atoms with Crippen molar-refractivity contribution in [2.75, 3.05) is 0 Å². The number of hydrogen-bond acceptors (Lipinski definition) is 2. The molecule has 0 fully saturated rings. The topological polar surface area (TPSA) is 49.9 Å².